The van der Waals surface area contributed by atoms with Crippen molar-refractivity contribution in [2.24, 2.45) is 10.7 Å². The number of para-hydroxylation sites is 1. The molecule has 1 heterocycles. The number of guanidine groups is 1. The molecule has 1 aliphatic heterocycles. The highest BCUT2D eigenvalue weighted by molar-refractivity contribution is 14.0. The lowest BCUT2D eigenvalue weighted by atomic mass is 10.0. The first-order chi connectivity index (χ1) is 11.4. The lowest BCUT2D eigenvalue weighted by Crippen LogP contribution is -2.37. The van der Waals surface area contributed by atoms with Crippen molar-refractivity contribution >= 4 is 40.0 Å². The number of rotatable bonds is 7. The molecule has 9 heteroatoms. The molecule has 3 N–H and O–H groups in total. The van der Waals surface area contributed by atoms with E-state index >= 15 is 0 Å². The fraction of sp³-hybridized carbons (Fsp3) is 0.562. The predicted molar refractivity (Wildman–Crippen MR) is 111 cm³/mol. The van der Waals surface area contributed by atoms with Crippen LogP contribution in [0.15, 0.2) is 29.3 Å². The molecule has 0 bridgehead atoms. The number of nitrogens with two attached hydrogens (primary N) is 1. The van der Waals surface area contributed by atoms with E-state index in [0.717, 1.165) is 17.7 Å². The van der Waals surface area contributed by atoms with Crippen LogP contribution >= 0.6 is 24.0 Å². The van der Waals surface area contributed by atoms with Crippen LogP contribution in [0, 0.1) is 0 Å². The number of hydrogen-bond acceptors (Lipinski definition) is 4. The Morgan fingerprint density at radius 1 is 1.44 bits per heavy atom. The number of nitrogens with one attached hydrogen (secondary N) is 1. The Bertz CT molecular complexity index is 682. The van der Waals surface area contributed by atoms with Crippen molar-refractivity contribution in [1.82, 2.24) is 9.62 Å². The van der Waals surface area contributed by atoms with Crippen LogP contribution in [-0.4, -0.2) is 51.2 Å². The van der Waals surface area contributed by atoms with Crippen LogP contribution in [0.2, 0.25) is 0 Å². The standard InChI is InChI=1S/C16H26N4O3S.HI/c1-3-20(24(2,21)22)11-6-10-18-16(17)19-14-9-12-23-15-8-5-4-7-13(14)15;/h4-5,7-8,14H,3,6,9-12H2,1-2H3,(H3,17,18,19);1H. The van der Waals surface area contributed by atoms with Gasteiger partial charge in [-0.25, -0.2) is 12.7 Å². The van der Waals surface area contributed by atoms with Crippen molar-refractivity contribution in [3.63, 3.8) is 0 Å². The molecule has 0 fully saturated rings. The summed E-state index contributed by atoms with van der Waals surface area (Å²) in [7, 11) is -3.15. The summed E-state index contributed by atoms with van der Waals surface area (Å²) >= 11 is 0. The summed E-state index contributed by atoms with van der Waals surface area (Å²) in [4.78, 5) is 4.30. The van der Waals surface area contributed by atoms with Crippen molar-refractivity contribution in [2.75, 3.05) is 32.5 Å². The third-order valence-corrected chi connectivity index (χ3v) is 5.33. The fourth-order valence-electron chi connectivity index (χ4n) is 2.72. The van der Waals surface area contributed by atoms with Gasteiger partial charge in [-0.05, 0) is 12.5 Å². The second-order valence-electron chi connectivity index (χ2n) is 5.75. The van der Waals surface area contributed by atoms with Gasteiger partial charge in [0.1, 0.15) is 5.75 Å². The Kier molecular flexibility index (Phi) is 8.94. The van der Waals surface area contributed by atoms with E-state index in [0.29, 0.717) is 38.6 Å². The molecule has 7 nitrogen and oxygen atoms in total. The minimum atomic E-state index is -3.15. The summed E-state index contributed by atoms with van der Waals surface area (Å²) in [5, 5.41) is 3.22. The summed E-state index contributed by atoms with van der Waals surface area (Å²) in [5.74, 6) is 1.25. The van der Waals surface area contributed by atoms with Crippen LogP contribution in [-0.2, 0) is 10.0 Å². The van der Waals surface area contributed by atoms with E-state index in [1.54, 1.807) is 0 Å². The van der Waals surface area contributed by atoms with Gasteiger partial charge < -0.3 is 15.8 Å². The summed E-state index contributed by atoms with van der Waals surface area (Å²) < 4.78 is 30.1. The van der Waals surface area contributed by atoms with E-state index in [-0.39, 0.29) is 30.0 Å². The van der Waals surface area contributed by atoms with Crippen LogP contribution in [0.25, 0.3) is 0 Å². The summed E-state index contributed by atoms with van der Waals surface area (Å²) in [6.07, 6.45) is 2.68. The molecule has 0 spiro atoms. The van der Waals surface area contributed by atoms with Crippen molar-refractivity contribution in [1.29, 1.82) is 0 Å². The molecule has 0 aromatic heterocycles. The van der Waals surface area contributed by atoms with Crippen molar-refractivity contribution < 1.29 is 13.2 Å². The third kappa shape index (κ3) is 6.63. The normalized spacial score (nSPS) is 17.4. The maximum Gasteiger partial charge on any atom is 0.211 e. The zero-order valence-electron chi connectivity index (χ0n) is 14.6. The molecule has 0 saturated carbocycles. The van der Waals surface area contributed by atoms with Crippen LogP contribution in [0.1, 0.15) is 31.4 Å². The van der Waals surface area contributed by atoms with Gasteiger partial charge in [0, 0.05) is 31.6 Å². The first-order valence-corrected chi connectivity index (χ1v) is 10.00. The third-order valence-electron chi connectivity index (χ3n) is 3.95. The summed E-state index contributed by atoms with van der Waals surface area (Å²) in [6.45, 7) is 3.86. The molecule has 1 aliphatic rings. The lowest BCUT2D eigenvalue weighted by Gasteiger charge is -2.27. The second kappa shape index (κ2) is 10.2. The number of fused-ring (bicyclic) bond motifs is 1. The topological polar surface area (TPSA) is 97.0 Å². The molecular weight excluding hydrogens is 455 g/mol. The quantitative estimate of drug-likeness (QED) is 0.267. The van der Waals surface area contributed by atoms with Crippen LogP contribution in [0.3, 0.4) is 0 Å². The highest BCUT2D eigenvalue weighted by atomic mass is 127. The highest BCUT2D eigenvalue weighted by Crippen LogP contribution is 2.31. The Labute approximate surface area is 167 Å². The fourth-order valence-corrected chi connectivity index (χ4v) is 3.65. The van der Waals surface area contributed by atoms with E-state index < -0.39 is 10.0 Å². The van der Waals surface area contributed by atoms with Gasteiger partial charge in [0.05, 0.1) is 18.9 Å². The molecule has 1 aromatic rings. The number of ether oxygens (including phenoxy) is 1. The van der Waals surface area contributed by atoms with Gasteiger partial charge in [0.2, 0.25) is 10.0 Å². The number of sulfonamides is 1. The highest BCUT2D eigenvalue weighted by Gasteiger charge is 2.21. The Balaban J connectivity index is 0.00000312. The minimum Gasteiger partial charge on any atom is -0.493 e. The molecule has 1 aromatic carbocycles. The van der Waals surface area contributed by atoms with E-state index in [9.17, 15) is 8.42 Å². The van der Waals surface area contributed by atoms with Gasteiger partial charge in [0.25, 0.3) is 0 Å². The Hall–Kier alpha value is -1.07. The zero-order chi connectivity index (χ0) is 17.6. The van der Waals surface area contributed by atoms with E-state index in [2.05, 4.69) is 10.3 Å². The molecule has 0 aliphatic carbocycles. The lowest BCUT2D eigenvalue weighted by molar-refractivity contribution is 0.262. The number of hydrogen-bond donors (Lipinski definition) is 2. The molecule has 25 heavy (non-hydrogen) atoms. The van der Waals surface area contributed by atoms with Crippen LogP contribution < -0.4 is 15.8 Å². The molecule has 1 atom stereocenters. The zero-order valence-corrected chi connectivity index (χ0v) is 17.8. The maximum atomic E-state index is 11.5. The van der Waals surface area contributed by atoms with Gasteiger partial charge in [-0.1, -0.05) is 25.1 Å². The van der Waals surface area contributed by atoms with Gasteiger partial charge in [-0.2, -0.15) is 0 Å². The van der Waals surface area contributed by atoms with E-state index in [1.165, 1.54) is 10.6 Å². The number of aliphatic imine (C=N–C) groups is 1. The van der Waals surface area contributed by atoms with Crippen LogP contribution in [0.4, 0.5) is 0 Å². The SMILES string of the molecule is CCN(CCCN=C(N)NC1CCOc2ccccc21)S(C)(=O)=O.I. The van der Waals surface area contributed by atoms with Crippen molar-refractivity contribution in [2.45, 2.75) is 25.8 Å². The van der Waals surface area contributed by atoms with Crippen LogP contribution in [0.5, 0.6) is 5.75 Å². The first kappa shape index (κ1) is 22.0. The van der Waals surface area contributed by atoms with E-state index in [1.807, 2.05) is 31.2 Å². The average molecular weight is 482 g/mol. The largest absolute Gasteiger partial charge is 0.493 e. The molecule has 0 radical (unpaired) electrons. The number of halogens is 1. The Morgan fingerprint density at radius 2 is 2.16 bits per heavy atom. The van der Waals surface area contributed by atoms with Crippen molar-refractivity contribution in [3.8, 4) is 5.75 Å². The summed E-state index contributed by atoms with van der Waals surface area (Å²) in [5.41, 5.74) is 7.04. The molecule has 0 saturated heterocycles. The molecule has 0 amide bonds. The minimum absolute atomic E-state index is 0. The van der Waals surface area contributed by atoms with Crippen molar-refractivity contribution in [3.05, 3.63) is 29.8 Å². The Morgan fingerprint density at radius 3 is 2.84 bits per heavy atom. The molecule has 1 unspecified atom stereocenters. The maximum absolute atomic E-state index is 11.5. The molecule has 2 rings (SSSR count). The second-order valence-corrected chi connectivity index (χ2v) is 7.73. The number of benzene rings is 1. The molecular formula is C16H27IN4O3S. The van der Waals surface area contributed by atoms with Gasteiger partial charge in [-0.15, -0.1) is 24.0 Å². The van der Waals surface area contributed by atoms with Gasteiger partial charge >= 0.3 is 0 Å². The van der Waals surface area contributed by atoms with Gasteiger partial charge in [-0.3, -0.25) is 4.99 Å². The van der Waals surface area contributed by atoms with Gasteiger partial charge in [0.15, 0.2) is 5.96 Å². The first-order valence-electron chi connectivity index (χ1n) is 8.15. The average Bonchev–Trinajstić information content (AvgIpc) is 2.54. The summed E-state index contributed by atoms with van der Waals surface area (Å²) in [6, 6.07) is 7.97. The van der Waals surface area contributed by atoms with E-state index in [4.69, 9.17) is 10.5 Å². The smallest absolute Gasteiger partial charge is 0.211 e. The number of nitrogens with zero attached hydrogens (tertiary/aromatic N) is 2. The molecule has 142 valence electrons. The monoisotopic (exact) mass is 482 g/mol. The predicted octanol–water partition coefficient (Wildman–Crippen LogP) is 1.70.